The maximum Gasteiger partial charge on any atom is 0.129 e. The zero-order valence-electron chi connectivity index (χ0n) is 10.6. The third-order valence-corrected chi connectivity index (χ3v) is 4.43. The Kier molecular flexibility index (Phi) is 5.32. The van der Waals surface area contributed by atoms with E-state index in [1.165, 1.54) is 6.07 Å². The van der Waals surface area contributed by atoms with Gasteiger partial charge in [0.05, 0.1) is 6.10 Å². The van der Waals surface area contributed by atoms with E-state index in [0.717, 1.165) is 14.5 Å². The van der Waals surface area contributed by atoms with E-state index in [9.17, 15) is 9.50 Å². The monoisotopic (exact) mass is 401 g/mol. The highest BCUT2D eigenvalue weighted by Gasteiger charge is 2.25. The van der Waals surface area contributed by atoms with Crippen molar-refractivity contribution in [2.75, 3.05) is 6.54 Å². The van der Waals surface area contributed by atoms with Crippen LogP contribution >= 0.6 is 31.9 Å². The van der Waals surface area contributed by atoms with Crippen molar-refractivity contribution in [2.24, 2.45) is 5.73 Å². The molecule has 0 fully saturated rings. The molecular formula is C15H14Br2FNO. The van der Waals surface area contributed by atoms with E-state index >= 15 is 0 Å². The minimum atomic E-state index is -1.00. The number of aliphatic hydroxyl groups excluding tert-OH is 1. The van der Waals surface area contributed by atoms with Crippen molar-refractivity contribution in [1.82, 2.24) is 0 Å². The molecule has 2 aromatic carbocycles. The topological polar surface area (TPSA) is 46.2 Å². The fourth-order valence-corrected chi connectivity index (χ4v) is 3.12. The smallest absolute Gasteiger partial charge is 0.129 e. The van der Waals surface area contributed by atoms with Crippen LogP contribution in [0.1, 0.15) is 23.1 Å². The first-order valence-corrected chi connectivity index (χ1v) is 7.70. The summed E-state index contributed by atoms with van der Waals surface area (Å²) in [6.07, 6.45) is -1.00. The molecule has 2 atom stereocenters. The number of aliphatic hydroxyl groups is 1. The lowest BCUT2D eigenvalue weighted by Gasteiger charge is -2.24. The molecule has 0 aliphatic carbocycles. The Morgan fingerprint density at radius 3 is 2.45 bits per heavy atom. The quantitative estimate of drug-likeness (QED) is 0.807. The molecule has 2 nitrogen and oxygen atoms in total. The lowest BCUT2D eigenvalue weighted by atomic mass is 9.89. The van der Waals surface area contributed by atoms with E-state index in [1.54, 1.807) is 12.1 Å². The average Bonchev–Trinajstić information content (AvgIpc) is 2.44. The fraction of sp³-hybridized carbons (Fsp3) is 0.200. The summed E-state index contributed by atoms with van der Waals surface area (Å²) in [5, 5.41) is 10.5. The molecule has 0 aliphatic rings. The van der Waals surface area contributed by atoms with Gasteiger partial charge in [-0.2, -0.15) is 0 Å². The van der Waals surface area contributed by atoms with Crippen LogP contribution in [0.5, 0.6) is 0 Å². The van der Waals surface area contributed by atoms with Crippen LogP contribution in [0.3, 0.4) is 0 Å². The average molecular weight is 403 g/mol. The number of benzene rings is 2. The van der Waals surface area contributed by atoms with Crippen LogP contribution in [0.15, 0.2) is 51.4 Å². The molecule has 2 rings (SSSR count). The fourth-order valence-electron chi connectivity index (χ4n) is 2.16. The van der Waals surface area contributed by atoms with Gasteiger partial charge in [-0.15, -0.1) is 0 Å². The van der Waals surface area contributed by atoms with Crippen LogP contribution in [0.2, 0.25) is 0 Å². The molecule has 20 heavy (non-hydrogen) atoms. The molecule has 0 aromatic heterocycles. The van der Waals surface area contributed by atoms with Crippen LogP contribution in [-0.2, 0) is 0 Å². The molecule has 106 valence electrons. The van der Waals surface area contributed by atoms with E-state index in [-0.39, 0.29) is 18.0 Å². The number of halogens is 3. The second-order valence-electron chi connectivity index (χ2n) is 4.47. The molecule has 0 saturated carbocycles. The molecule has 2 aromatic rings. The molecule has 0 heterocycles. The van der Waals surface area contributed by atoms with Gasteiger partial charge in [-0.25, -0.2) is 4.39 Å². The van der Waals surface area contributed by atoms with E-state index in [4.69, 9.17) is 5.73 Å². The first-order valence-electron chi connectivity index (χ1n) is 6.12. The Balaban J connectivity index is 2.41. The molecule has 0 amide bonds. The second kappa shape index (κ2) is 6.80. The van der Waals surface area contributed by atoms with Crippen LogP contribution in [0, 0.1) is 5.82 Å². The molecule has 3 N–H and O–H groups in total. The molecule has 0 radical (unpaired) electrons. The van der Waals surface area contributed by atoms with Gasteiger partial charge >= 0.3 is 0 Å². The van der Waals surface area contributed by atoms with Gasteiger partial charge in [0.15, 0.2) is 0 Å². The maximum absolute atomic E-state index is 13.9. The van der Waals surface area contributed by atoms with Crippen molar-refractivity contribution >= 4 is 31.9 Å². The summed E-state index contributed by atoms with van der Waals surface area (Å²) >= 11 is 6.73. The standard InChI is InChI=1S/C15H14Br2FNO/c16-9-5-6-14(18)11(7-9)15(20)12(8-19)10-3-1-2-4-13(10)17/h1-7,12,15,20H,8,19H2. The Hall–Kier alpha value is -0.750. The van der Waals surface area contributed by atoms with E-state index in [2.05, 4.69) is 31.9 Å². The molecule has 0 saturated heterocycles. The van der Waals surface area contributed by atoms with E-state index < -0.39 is 11.9 Å². The summed E-state index contributed by atoms with van der Waals surface area (Å²) in [5.74, 6) is -0.819. The lowest BCUT2D eigenvalue weighted by Crippen LogP contribution is -2.21. The normalized spacial score (nSPS) is 14.1. The molecule has 0 aliphatic heterocycles. The van der Waals surface area contributed by atoms with Crippen molar-refractivity contribution in [2.45, 2.75) is 12.0 Å². The highest BCUT2D eigenvalue weighted by atomic mass is 79.9. The number of rotatable bonds is 4. The number of hydrogen-bond donors (Lipinski definition) is 2. The minimum absolute atomic E-state index is 0.218. The van der Waals surface area contributed by atoms with Gasteiger partial charge < -0.3 is 10.8 Å². The van der Waals surface area contributed by atoms with Crippen molar-refractivity contribution in [1.29, 1.82) is 0 Å². The largest absolute Gasteiger partial charge is 0.388 e. The Labute approximate surface area is 134 Å². The lowest BCUT2D eigenvalue weighted by molar-refractivity contribution is 0.143. The second-order valence-corrected chi connectivity index (χ2v) is 6.24. The molecule has 5 heteroatoms. The van der Waals surface area contributed by atoms with Crippen molar-refractivity contribution in [3.63, 3.8) is 0 Å². The summed E-state index contributed by atoms with van der Waals surface area (Å²) in [5.41, 5.74) is 6.89. The van der Waals surface area contributed by atoms with Crippen LogP contribution in [0.4, 0.5) is 4.39 Å². The Morgan fingerprint density at radius 2 is 1.80 bits per heavy atom. The SMILES string of the molecule is NCC(c1ccccc1Br)C(O)c1cc(Br)ccc1F. The van der Waals surface area contributed by atoms with Gasteiger partial charge in [-0.1, -0.05) is 50.1 Å². The third-order valence-electron chi connectivity index (χ3n) is 3.22. The Morgan fingerprint density at radius 1 is 1.10 bits per heavy atom. The van der Waals surface area contributed by atoms with Crippen LogP contribution < -0.4 is 5.73 Å². The zero-order chi connectivity index (χ0) is 14.7. The minimum Gasteiger partial charge on any atom is -0.388 e. The van der Waals surface area contributed by atoms with E-state index in [1.807, 2.05) is 24.3 Å². The predicted molar refractivity (Wildman–Crippen MR) is 85.0 cm³/mol. The summed E-state index contributed by atoms with van der Waals surface area (Å²) in [6, 6.07) is 12.0. The van der Waals surface area contributed by atoms with Gasteiger partial charge in [0.25, 0.3) is 0 Å². The summed E-state index contributed by atoms with van der Waals surface area (Å²) < 4.78 is 15.5. The first kappa shape index (κ1) is 15.6. The highest BCUT2D eigenvalue weighted by Crippen LogP contribution is 2.35. The van der Waals surface area contributed by atoms with Crippen molar-refractivity contribution < 1.29 is 9.50 Å². The molecule has 2 unspecified atom stereocenters. The van der Waals surface area contributed by atoms with E-state index in [0.29, 0.717) is 0 Å². The van der Waals surface area contributed by atoms with Crippen LogP contribution in [-0.4, -0.2) is 11.7 Å². The molecule has 0 spiro atoms. The number of hydrogen-bond acceptors (Lipinski definition) is 2. The molecule has 0 bridgehead atoms. The maximum atomic E-state index is 13.9. The van der Waals surface area contributed by atoms with Gasteiger partial charge in [0.1, 0.15) is 5.82 Å². The summed E-state index contributed by atoms with van der Waals surface area (Å²) in [7, 11) is 0. The highest BCUT2D eigenvalue weighted by molar-refractivity contribution is 9.10. The third kappa shape index (κ3) is 3.28. The summed E-state index contributed by atoms with van der Waals surface area (Å²) in [4.78, 5) is 0. The molecular weight excluding hydrogens is 389 g/mol. The van der Waals surface area contributed by atoms with Gasteiger partial charge in [0, 0.05) is 27.0 Å². The summed E-state index contributed by atoms with van der Waals surface area (Å²) in [6.45, 7) is 0.218. The van der Waals surface area contributed by atoms with Gasteiger partial charge in [0.2, 0.25) is 0 Å². The van der Waals surface area contributed by atoms with Crippen LogP contribution in [0.25, 0.3) is 0 Å². The van der Waals surface area contributed by atoms with Gasteiger partial charge in [-0.05, 0) is 29.8 Å². The van der Waals surface area contributed by atoms with Gasteiger partial charge in [-0.3, -0.25) is 0 Å². The van der Waals surface area contributed by atoms with Crippen molar-refractivity contribution in [3.05, 3.63) is 68.4 Å². The predicted octanol–water partition coefficient (Wildman–Crippen LogP) is 4.13. The number of nitrogens with two attached hydrogens (primary N) is 1. The van der Waals surface area contributed by atoms with Crippen molar-refractivity contribution in [3.8, 4) is 0 Å². The first-order chi connectivity index (χ1) is 9.54. The zero-order valence-corrected chi connectivity index (χ0v) is 13.7. The Bertz CT molecular complexity index is 606.